The fraction of sp³-hybridized carbons (Fsp3) is 0.538. The zero-order chi connectivity index (χ0) is 14.4. The van der Waals surface area contributed by atoms with Gasteiger partial charge in [-0.1, -0.05) is 6.07 Å². The van der Waals surface area contributed by atoms with Gasteiger partial charge in [-0.2, -0.15) is 0 Å². The standard InChI is InChI=1S/C13H18N2O4S/c16-11(15-8-13(18)4-6-19-9-13)3-5-14-12(17)10-2-1-7-20-10/h1-2,7,18H,3-6,8-9H2,(H,14,17)(H,15,16). The molecule has 0 radical (unpaired) electrons. The highest BCUT2D eigenvalue weighted by molar-refractivity contribution is 7.12. The van der Waals surface area contributed by atoms with Gasteiger partial charge in [-0.3, -0.25) is 9.59 Å². The second kappa shape index (κ2) is 6.83. The summed E-state index contributed by atoms with van der Waals surface area (Å²) in [6.45, 7) is 1.23. The maximum atomic E-state index is 11.6. The summed E-state index contributed by atoms with van der Waals surface area (Å²) in [5, 5.41) is 17.1. The molecule has 1 unspecified atom stereocenters. The summed E-state index contributed by atoms with van der Waals surface area (Å²) in [5.41, 5.74) is -0.949. The molecule has 0 bridgehead atoms. The van der Waals surface area contributed by atoms with E-state index >= 15 is 0 Å². The predicted octanol–water partition coefficient (Wildman–Crippen LogP) is 0.136. The Labute approximate surface area is 121 Å². The minimum absolute atomic E-state index is 0.171. The summed E-state index contributed by atoms with van der Waals surface area (Å²) in [6, 6.07) is 3.53. The third kappa shape index (κ3) is 4.29. The van der Waals surface area contributed by atoms with Crippen LogP contribution < -0.4 is 10.6 Å². The molecule has 1 aromatic heterocycles. The Morgan fingerprint density at radius 3 is 2.95 bits per heavy atom. The molecule has 6 nitrogen and oxygen atoms in total. The number of thiophene rings is 1. The van der Waals surface area contributed by atoms with E-state index in [1.54, 1.807) is 12.1 Å². The van der Waals surface area contributed by atoms with Gasteiger partial charge in [0.05, 0.1) is 11.5 Å². The van der Waals surface area contributed by atoms with Crippen molar-refractivity contribution in [3.63, 3.8) is 0 Å². The van der Waals surface area contributed by atoms with E-state index in [0.717, 1.165) is 0 Å². The zero-order valence-electron chi connectivity index (χ0n) is 11.1. The van der Waals surface area contributed by atoms with E-state index in [0.29, 0.717) is 17.9 Å². The van der Waals surface area contributed by atoms with Crippen molar-refractivity contribution in [2.75, 3.05) is 26.3 Å². The van der Waals surface area contributed by atoms with Crippen LogP contribution in [-0.4, -0.2) is 48.8 Å². The van der Waals surface area contributed by atoms with Crippen molar-refractivity contribution in [3.8, 4) is 0 Å². The summed E-state index contributed by atoms with van der Waals surface area (Å²) in [5.74, 6) is -0.368. The largest absolute Gasteiger partial charge is 0.386 e. The van der Waals surface area contributed by atoms with Crippen LogP contribution in [0.5, 0.6) is 0 Å². The number of rotatable bonds is 6. The average Bonchev–Trinajstić information content (AvgIpc) is 3.08. The lowest BCUT2D eigenvalue weighted by Gasteiger charge is -2.20. The molecule has 3 N–H and O–H groups in total. The molecule has 2 rings (SSSR count). The van der Waals surface area contributed by atoms with Gasteiger partial charge in [0.25, 0.3) is 5.91 Å². The summed E-state index contributed by atoms with van der Waals surface area (Å²) in [6.07, 6.45) is 0.719. The number of nitrogens with one attached hydrogen (secondary N) is 2. The maximum absolute atomic E-state index is 11.6. The smallest absolute Gasteiger partial charge is 0.261 e. The molecule has 7 heteroatoms. The minimum Gasteiger partial charge on any atom is -0.386 e. The molecule has 2 amide bonds. The molecule has 1 aromatic rings. The second-order valence-electron chi connectivity index (χ2n) is 4.79. The number of carbonyl (C=O) groups is 2. The van der Waals surface area contributed by atoms with E-state index in [2.05, 4.69) is 10.6 Å². The van der Waals surface area contributed by atoms with Gasteiger partial charge in [0.1, 0.15) is 5.60 Å². The van der Waals surface area contributed by atoms with Crippen LogP contribution in [0.1, 0.15) is 22.5 Å². The van der Waals surface area contributed by atoms with Crippen LogP contribution in [0.3, 0.4) is 0 Å². The summed E-state index contributed by atoms with van der Waals surface area (Å²) >= 11 is 1.36. The highest BCUT2D eigenvalue weighted by Crippen LogP contribution is 2.16. The second-order valence-corrected chi connectivity index (χ2v) is 5.73. The summed E-state index contributed by atoms with van der Waals surface area (Å²) < 4.78 is 5.09. The van der Waals surface area contributed by atoms with Crippen molar-refractivity contribution in [2.24, 2.45) is 0 Å². The van der Waals surface area contributed by atoms with Crippen molar-refractivity contribution in [1.82, 2.24) is 10.6 Å². The predicted molar refractivity (Wildman–Crippen MR) is 74.7 cm³/mol. The quantitative estimate of drug-likeness (QED) is 0.697. The normalized spacial score (nSPS) is 21.6. The van der Waals surface area contributed by atoms with E-state index in [1.165, 1.54) is 11.3 Å². The van der Waals surface area contributed by atoms with Crippen LogP contribution >= 0.6 is 11.3 Å². The van der Waals surface area contributed by atoms with Crippen LogP contribution in [0, 0.1) is 0 Å². The SMILES string of the molecule is O=C(CCNC(=O)c1cccs1)NCC1(O)CCOC1. The lowest BCUT2D eigenvalue weighted by atomic mass is 10.0. The summed E-state index contributed by atoms with van der Waals surface area (Å²) in [4.78, 5) is 23.8. The van der Waals surface area contributed by atoms with Crippen LogP contribution in [0.2, 0.25) is 0 Å². The molecule has 2 heterocycles. The number of ether oxygens (including phenoxy) is 1. The van der Waals surface area contributed by atoms with E-state index in [-0.39, 0.29) is 37.9 Å². The van der Waals surface area contributed by atoms with E-state index in [4.69, 9.17) is 4.74 Å². The Morgan fingerprint density at radius 2 is 2.30 bits per heavy atom. The van der Waals surface area contributed by atoms with Crippen molar-refractivity contribution in [2.45, 2.75) is 18.4 Å². The number of carbonyl (C=O) groups excluding carboxylic acids is 2. The lowest BCUT2D eigenvalue weighted by Crippen LogP contribution is -2.44. The first-order valence-electron chi connectivity index (χ1n) is 6.48. The summed E-state index contributed by atoms with van der Waals surface area (Å²) in [7, 11) is 0. The Bertz CT molecular complexity index is 455. The fourth-order valence-electron chi connectivity index (χ4n) is 1.87. The molecule has 110 valence electrons. The Kier molecular flexibility index (Phi) is 5.11. The van der Waals surface area contributed by atoms with Crippen LogP contribution in [0.4, 0.5) is 0 Å². The molecule has 1 aliphatic rings. The fourth-order valence-corrected chi connectivity index (χ4v) is 2.51. The van der Waals surface area contributed by atoms with Crippen molar-refractivity contribution < 1.29 is 19.4 Å². The lowest BCUT2D eigenvalue weighted by molar-refractivity contribution is -0.122. The van der Waals surface area contributed by atoms with Gasteiger partial charge in [-0.05, 0) is 11.4 Å². The molecule has 20 heavy (non-hydrogen) atoms. The highest BCUT2D eigenvalue weighted by atomic mass is 32.1. The number of amides is 2. The maximum Gasteiger partial charge on any atom is 0.261 e. The first-order chi connectivity index (χ1) is 9.59. The molecule has 0 aromatic carbocycles. The first kappa shape index (κ1) is 15.0. The number of hydrogen-bond acceptors (Lipinski definition) is 5. The van der Waals surface area contributed by atoms with Gasteiger partial charge in [-0.25, -0.2) is 0 Å². The molecular weight excluding hydrogens is 280 g/mol. The van der Waals surface area contributed by atoms with Gasteiger partial charge in [0.15, 0.2) is 0 Å². The average molecular weight is 298 g/mol. The number of aliphatic hydroxyl groups is 1. The third-order valence-corrected chi connectivity index (χ3v) is 3.95. The Balaban J connectivity index is 1.62. The van der Waals surface area contributed by atoms with Gasteiger partial charge in [0.2, 0.25) is 5.91 Å². The zero-order valence-corrected chi connectivity index (χ0v) is 11.9. The van der Waals surface area contributed by atoms with Gasteiger partial charge in [0, 0.05) is 32.5 Å². The van der Waals surface area contributed by atoms with Gasteiger partial charge in [-0.15, -0.1) is 11.3 Å². The molecule has 1 aliphatic heterocycles. The topological polar surface area (TPSA) is 87.7 Å². The molecule has 0 spiro atoms. The van der Waals surface area contributed by atoms with Crippen LogP contribution in [0.15, 0.2) is 17.5 Å². The molecule has 0 aliphatic carbocycles. The molecule has 1 saturated heterocycles. The van der Waals surface area contributed by atoms with Gasteiger partial charge >= 0.3 is 0 Å². The molecular formula is C13H18N2O4S. The Hall–Kier alpha value is -1.44. The van der Waals surface area contributed by atoms with Crippen molar-refractivity contribution in [3.05, 3.63) is 22.4 Å². The Morgan fingerprint density at radius 1 is 1.45 bits per heavy atom. The van der Waals surface area contributed by atoms with Crippen LogP contribution in [-0.2, 0) is 9.53 Å². The minimum atomic E-state index is -0.949. The number of hydrogen-bond donors (Lipinski definition) is 3. The first-order valence-corrected chi connectivity index (χ1v) is 7.36. The molecule has 0 saturated carbocycles. The highest BCUT2D eigenvalue weighted by Gasteiger charge is 2.32. The van der Waals surface area contributed by atoms with Crippen molar-refractivity contribution in [1.29, 1.82) is 0 Å². The molecule has 1 atom stereocenters. The van der Waals surface area contributed by atoms with Crippen molar-refractivity contribution >= 4 is 23.2 Å². The van der Waals surface area contributed by atoms with E-state index < -0.39 is 5.60 Å². The van der Waals surface area contributed by atoms with Crippen LogP contribution in [0.25, 0.3) is 0 Å². The monoisotopic (exact) mass is 298 g/mol. The third-order valence-electron chi connectivity index (χ3n) is 3.08. The molecule has 1 fully saturated rings. The van der Waals surface area contributed by atoms with E-state index in [9.17, 15) is 14.7 Å². The van der Waals surface area contributed by atoms with Gasteiger partial charge < -0.3 is 20.5 Å². The van der Waals surface area contributed by atoms with E-state index in [1.807, 2.05) is 5.38 Å².